The minimum absolute atomic E-state index is 0.0493. The number of rotatable bonds is 7. The largest absolute Gasteiger partial charge is 0.490 e. The van der Waals surface area contributed by atoms with Gasteiger partial charge in [0.05, 0.1) is 35.1 Å². The minimum atomic E-state index is -3.89. The Bertz CT molecular complexity index is 1520. The Balaban J connectivity index is 1.25. The number of anilines is 1. The molecule has 0 bridgehead atoms. The molecule has 41 heavy (non-hydrogen) atoms. The molecule has 0 spiro atoms. The zero-order valence-corrected chi connectivity index (χ0v) is 24.3. The number of amides is 2. The maximum absolute atomic E-state index is 13.5. The zero-order chi connectivity index (χ0) is 29.1. The molecule has 0 aromatic heterocycles. The van der Waals surface area contributed by atoms with Crippen molar-refractivity contribution in [2.45, 2.75) is 55.4 Å². The summed E-state index contributed by atoms with van der Waals surface area (Å²) in [5.74, 6) is -0.0754. The molecule has 216 valence electrons. The Hall–Kier alpha value is -3.60. The van der Waals surface area contributed by atoms with E-state index < -0.39 is 16.1 Å². The summed E-state index contributed by atoms with van der Waals surface area (Å²) in [4.78, 5) is 27.9. The Labute approximate surface area is 244 Å². The van der Waals surface area contributed by atoms with Crippen molar-refractivity contribution in [3.63, 3.8) is 0 Å². The molecule has 4 atom stereocenters. The van der Waals surface area contributed by atoms with Crippen molar-refractivity contribution in [3.05, 3.63) is 88.9 Å². The van der Waals surface area contributed by atoms with Gasteiger partial charge in [0.2, 0.25) is 5.91 Å². The van der Waals surface area contributed by atoms with Gasteiger partial charge in [-0.2, -0.15) is 0 Å². The molecule has 0 radical (unpaired) electrons. The minimum Gasteiger partial charge on any atom is -0.490 e. The van der Waals surface area contributed by atoms with Crippen LogP contribution in [0.5, 0.6) is 5.75 Å². The Kier molecular flexibility index (Phi) is 8.53. The van der Waals surface area contributed by atoms with Gasteiger partial charge in [0, 0.05) is 17.8 Å². The number of sulfonamides is 1. The number of hydrogen-bond donors (Lipinski definition) is 2. The van der Waals surface area contributed by atoms with Gasteiger partial charge in [0.25, 0.3) is 15.9 Å². The molecule has 1 fully saturated rings. The maximum atomic E-state index is 13.5. The number of fused-ring (bicyclic) bond motifs is 2. The normalized spacial score (nSPS) is 21.4. The fourth-order valence-electron chi connectivity index (χ4n) is 5.25. The van der Waals surface area contributed by atoms with E-state index in [0.717, 1.165) is 5.56 Å². The van der Waals surface area contributed by atoms with Crippen molar-refractivity contribution in [3.8, 4) is 5.75 Å². The van der Waals surface area contributed by atoms with Gasteiger partial charge < -0.3 is 19.7 Å². The van der Waals surface area contributed by atoms with Crippen molar-refractivity contribution in [1.29, 1.82) is 0 Å². The van der Waals surface area contributed by atoms with Gasteiger partial charge in [-0.3, -0.25) is 14.3 Å². The van der Waals surface area contributed by atoms with Crippen LogP contribution >= 0.6 is 11.6 Å². The highest BCUT2D eigenvalue weighted by atomic mass is 35.5. The topological polar surface area (TPSA) is 114 Å². The molecule has 3 aromatic carbocycles. The molecular formula is C30H32ClN3O6S. The summed E-state index contributed by atoms with van der Waals surface area (Å²) in [6.45, 7) is 2.13. The van der Waals surface area contributed by atoms with Crippen LogP contribution in [-0.4, -0.2) is 57.0 Å². The van der Waals surface area contributed by atoms with E-state index >= 15 is 0 Å². The summed E-state index contributed by atoms with van der Waals surface area (Å²) in [6.07, 6.45) is 0.750. The maximum Gasteiger partial charge on any atom is 0.261 e. The lowest BCUT2D eigenvalue weighted by Gasteiger charge is -2.42. The van der Waals surface area contributed by atoms with Crippen LogP contribution < -0.4 is 14.8 Å². The molecular weight excluding hydrogens is 566 g/mol. The average molecular weight is 598 g/mol. The van der Waals surface area contributed by atoms with Crippen molar-refractivity contribution in [2.75, 3.05) is 18.4 Å². The molecule has 0 saturated carbocycles. The molecule has 2 aliphatic rings. The van der Waals surface area contributed by atoms with E-state index in [9.17, 15) is 18.0 Å². The smallest absolute Gasteiger partial charge is 0.261 e. The van der Waals surface area contributed by atoms with Crippen LogP contribution in [0, 0.1) is 0 Å². The predicted octanol–water partition coefficient (Wildman–Crippen LogP) is 4.79. The van der Waals surface area contributed by atoms with Crippen LogP contribution in [0.1, 0.15) is 48.1 Å². The van der Waals surface area contributed by atoms with E-state index in [-0.39, 0.29) is 59.2 Å². The van der Waals surface area contributed by atoms with Gasteiger partial charge in [-0.05, 0) is 67.8 Å². The molecule has 2 amide bonds. The SMILES string of the molecule is C[C@@H](NC(=O)C[C@@H]1CC[C@H]2[C@H](COc3ccc(NS(=O)(=O)c4ccc(Cl)cc4)cc3C(=O)N2C)O1)c1ccccc1. The highest BCUT2D eigenvalue weighted by Gasteiger charge is 2.39. The number of ether oxygens (including phenoxy) is 2. The number of carbonyl (C=O) groups is 2. The summed E-state index contributed by atoms with van der Waals surface area (Å²) in [6, 6.07) is 19.8. The average Bonchev–Trinajstić information content (AvgIpc) is 2.95. The van der Waals surface area contributed by atoms with Crippen molar-refractivity contribution in [2.24, 2.45) is 0 Å². The predicted molar refractivity (Wildman–Crippen MR) is 156 cm³/mol. The summed E-state index contributed by atoms with van der Waals surface area (Å²) in [5.41, 5.74) is 1.51. The van der Waals surface area contributed by atoms with Gasteiger partial charge in [-0.15, -0.1) is 0 Å². The highest BCUT2D eigenvalue weighted by molar-refractivity contribution is 7.92. The molecule has 2 aliphatic heterocycles. The fraction of sp³-hybridized carbons (Fsp3) is 0.333. The lowest BCUT2D eigenvalue weighted by Crippen LogP contribution is -2.54. The van der Waals surface area contributed by atoms with Crippen molar-refractivity contribution >= 4 is 39.1 Å². The van der Waals surface area contributed by atoms with E-state index in [1.54, 1.807) is 24.1 Å². The first-order chi connectivity index (χ1) is 19.6. The molecule has 5 rings (SSSR count). The second-order valence-corrected chi connectivity index (χ2v) is 12.5. The van der Waals surface area contributed by atoms with Crippen molar-refractivity contribution < 1.29 is 27.5 Å². The lowest BCUT2D eigenvalue weighted by atomic mass is 9.94. The molecule has 9 nitrogen and oxygen atoms in total. The summed E-state index contributed by atoms with van der Waals surface area (Å²) < 4.78 is 40.5. The number of likely N-dealkylation sites (N-methyl/N-ethyl adjacent to an activating group) is 1. The van der Waals surface area contributed by atoms with E-state index in [4.69, 9.17) is 21.1 Å². The fourth-order valence-corrected chi connectivity index (χ4v) is 6.43. The third kappa shape index (κ3) is 6.66. The van der Waals surface area contributed by atoms with Crippen LogP contribution in [0.15, 0.2) is 77.7 Å². The quantitative estimate of drug-likeness (QED) is 0.405. The monoisotopic (exact) mass is 597 g/mol. The Morgan fingerprint density at radius 2 is 1.80 bits per heavy atom. The van der Waals surface area contributed by atoms with E-state index in [0.29, 0.717) is 23.6 Å². The number of benzene rings is 3. The van der Waals surface area contributed by atoms with Gasteiger partial charge in [0.15, 0.2) is 0 Å². The number of carbonyl (C=O) groups excluding carboxylic acids is 2. The number of hydrogen-bond acceptors (Lipinski definition) is 6. The third-order valence-electron chi connectivity index (χ3n) is 7.48. The van der Waals surface area contributed by atoms with Crippen LogP contribution in [0.3, 0.4) is 0 Å². The third-order valence-corrected chi connectivity index (χ3v) is 9.13. The standard InChI is InChI=1S/C30H32ClN3O6S/c1-19(20-6-4-3-5-7-20)32-29(35)17-23-11-14-26-28(40-23)18-39-27-15-10-22(16-25(27)30(36)34(26)2)33-41(37,38)24-12-8-21(31)9-13-24/h3-10,12-13,15-16,19,23,26,28,33H,11,14,17-18H2,1-2H3,(H,32,35)/t19-,23+,26+,28+/m1/s1. The van der Waals surface area contributed by atoms with E-state index in [1.165, 1.54) is 30.3 Å². The molecule has 2 N–H and O–H groups in total. The molecule has 0 aliphatic carbocycles. The summed E-state index contributed by atoms with van der Waals surface area (Å²) >= 11 is 5.88. The molecule has 2 heterocycles. The van der Waals surface area contributed by atoms with Crippen LogP contribution in [0.2, 0.25) is 5.02 Å². The number of nitrogens with one attached hydrogen (secondary N) is 2. The van der Waals surface area contributed by atoms with Crippen LogP contribution in [0.25, 0.3) is 0 Å². The summed E-state index contributed by atoms with van der Waals surface area (Å²) in [7, 11) is -2.18. The van der Waals surface area contributed by atoms with Gasteiger partial charge in [-0.1, -0.05) is 41.9 Å². The van der Waals surface area contributed by atoms with Gasteiger partial charge >= 0.3 is 0 Å². The molecule has 3 aromatic rings. The first-order valence-corrected chi connectivity index (χ1v) is 15.3. The number of halogens is 1. The van der Waals surface area contributed by atoms with Crippen molar-refractivity contribution in [1.82, 2.24) is 10.2 Å². The second kappa shape index (κ2) is 12.1. The number of nitrogens with zero attached hydrogens (tertiary/aromatic N) is 1. The van der Waals surface area contributed by atoms with E-state index in [1.807, 2.05) is 37.3 Å². The summed E-state index contributed by atoms with van der Waals surface area (Å²) in [5, 5.41) is 3.46. The lowest BCUT2D eigenvalue weighted by molar-refractivity contribution is -0.134. The van der Waals surface area contributed by atoms with Gasteiger partial charge in [0.1, 0.15) is 18.5 Å². The van der Waals surface area contributed by atoms with Crippen LogP contribution in [-0.2, 0) is 19.6 Å². The first-order valence-electron chi connectivity index (χ1n) is 13.4. The Morgan fingerprint density at radius 3 is 2.54 bits per heavy atom. The second-order valence-electron chi connectivity index (χ2n) is 10.3. The molecule has 0 unspecified atom stereocenters. The molecule has 1 saturated heterocycles. The van der Waals surface area contributed by atoms with Crippen LogP contribution in [0.4, 0.5) is 5.69 Å². The highest BCUT2D eigenvalue weighted by Crippen LogP contribution is 2.33. The molecule has 11 heteroatoms. The van der Waals surface area contributed by atoms with E-state index in [2.05, 4.69) is 10.0 Å². The zero-order valence-electron chi connectivity index (χ0n) is 22.7. The van der Waals surface area contributed by atoms with Gasteiger partial charge in [-0.25, -0.2) is 8.42 Å². The first kappa shape index (κ1) is 28.9. The Morgan fingerprint density at radius 1 is 1.07 bits per heavy atom.